The number of aromatic amines is 1. The molecule has 0 amide bonds. The lowest BCUT2D eigenvalue weighted by molar-refractivity contribution is 0.414. The Labute approximate surface area is 120 Å². The molecule has 0 aliphatic rings. The smallest absolute Gasteiger partial charge is 0.191 e. The Kier molecular flexibility index (Phi) is 3.49. The highest BCUT2D eigenvalue weighted by Gasteiger charge is 2.15. The lowest BCUT2D eigenvalue weighted by Crippen LogP contribution is -2.13. The van der Waals surface area contributed by atoms with Gasteiger partial charge in [-0.3, -0.25) is 5.10 Å². The van der Waals surface area contributed by atoms with Gasteiger partial charge in [0.2, 0.25) is 0 Å². The fourth-order valence-corrected chi connectivity index (χ4v) is 2.56. The number of H-pyrrole nitrogens is 1. The van der Waals surface area contributed by atoms with Crippen LogP contribution in [0.4, 0.5) is 0 Å². The molecule has 3 aromatic rings. The van der Waals surface area contributed by atoms with E-state index in [0.29, 0.717) is 11.6 Å². The van der Waals surface area contributed by atoms with Crippen LogP contribution in [-0.2, 0) is 0 Å². The van der Waals surface area contributed by atoms with Crippen molar-refractivity contribution in [2.24, 2.45) is 5.73 Å². The molecule has 2 heterocycles. The summed E-state index contributed by atoms with van der Waals surface area (Å²) < 4.78 is 5.13. The zero-order valence-corrected chi connectivity index (χ0v) is 11.7. The van der Waals surface area contributed by atoms with Crippen LogP contribution < -0.4 is 10.5 Å². The maximum atomic E-state index is 6.20. The Bertz CT molecular complexity index is 676. The van der Waals surface area contributed by atoms with Crippen LogP contribution in [0, 0.1) is 0 Å². The lowest BCUT2D eigenvalue weighted by atomic mass is 10.1. The molecular formula is C14H14N4OS. The van der Waals surface area contributed by atoms with Gasteiger partial charge in [0.15, 0.2) is 5.82 Å². The van der Waals surface area contributed by atoms with Crippen molar-refractivity contribution in [1.29, 1.82) is 0 Å². The van der Waals surface area contributed by atoms with Gasteiger partial charge >= 0.3 is 0 Å². The van der Waals surface area contributed by atoms with Gasteiger partial charge in [-0.15, -0.1) is 11.3 Å². The second-order valence-electron chi connectivity index (χ2n) is 4.27. The van der Waals surface area contributed by atoms with Crippen LogP contribution in [0.15, 0.2) is 41.8 Å². The Morgan fingerprint density at radius 2 is 2.05 bits per heavy atom. The topological polar surface area (TPSA) is 76.8 Å². The minimum atomic E-state index is -0.331. The molecule has 102 valence electrons. The number of nitrogens with zero attached hydrogens (tertiary/aromatic N) is 2. The molecule has 0 unspecified atom stereocenters. The van der Waals surface area contributed by atoms with Crippen molar-refractivity contribution >= 4 is 11.3 Å². The van der Waals surface area contributed by atoms with E-state index in [0.717, 1.165) is 16.2 Å². The highest BCUT2D eigenvalue weighted by Crippen LogP contribution is 2.24. The van der Waals surface area contributed by atoms with Crippen LogP contribution in [0.2, 0.25) is 0 Å². The molecule has 0 saturated carbocycles. The Balaban J connectivity index is 1.84. The van der Waals surface area contributed by atoms with E-state index in [1.54, 1.807) is 18.4 Å². The number of hydrogen-bond donors (Lipinski definition) is 2. The average Bonchev–Trinajstić information content (AvgIpc) is 3.17. The van der Waals surface area contributed by atoms with Gasteiger partial charge in [0.25, 0.3) is 0 Å². The van der Waals surface area contributed by atoms with Crippen molar-refractivity contribution in [3.63, 3.8) is 0 Å². The molecule has 2 aromatic heterocycles. The molecule has 5 nitrogen and oxygen atoms in total. The standard InChI is InChI=1S/C14H14N4OS/c1-19-10-6-4-9(5-7-10)12(15)14-16-13(17-18-14)11-3-2-8-20-11/h2-8,12H,15H2,1H3,(H,16,17,18)/t12-/m1/s1. The number of benzene rings is 1. The molecule has 1 atom stereocenters. The van der Waals surface area contributed by atoms with E-state index in [1.807, 2.05) is 41.8 Å². The lowest BCUT2D eigenvalue weighted by Gasteiger charge is -2.09. The Morgan fingerprint density at radius 1 is 1.25 bits per heavy atom. The molecule has 0 fully saturated rings. The monoisotopic (exact) mass is 286 g/mol. The maximum Gasteiger partial charge on any atom is 0.191 e. The van der Waals surface area contributed by atoms with Gasteiger partial charge in [0.1, 0.15) is 11.6 Å². The third-order valence-corrected chi connectivity index (χ3v) is 3.88. The first-order valence-electron chi connectivity index (χ1n) is 6.13. The molecule has 6 heteroatoms. The molecule has 0 bridgehead atoms. The van der Waals surface area contributed by atoms with Crippen LogP contribution in [0.3, 0.4) is 0 Å². The number of aromatic nitrogens is 3. The van der Waals surface area contributed by atoms with E-state index in [-0.39, 0.29) is 6.04 Å². The predicted molar refractivity (Wildman–Crippen MR) is 78.7 cm³/mol. The van der Waals surface area contributed by atoms with E-state index in [4.69, 9.17) is 10.5 Å². The summed E-state index contributed by atoms with van der Waals surface area (Å²) in [6.45, 7) is 0. The van der Waals surface area contributed by atoms with Crippen LogP contribution >= 0.6 is 11.3 Å². The van der Waals surface area contributed by atoms with Gasteiger partial charge in [-0.25, -0.2) is 4.98 Å². The zero-order chi connectivity index (χ0) is 13.9. The summed E-state index contributed by atoms with van der Waals surface area (Å²) in [6, 6.07) is 11.2. The number of methoxy groups -OCH3 is 1. The maximum absolute atomic E-state index is 6.20. The number of nitrogens with one attached hydrogen (secondary N) is 1. The molecular weight excluding hydrogens is 272 g/mol. The molecule has 3 rings (SSSR count). The van der Waals surface area contributed by atoms with Gasteiger partial charge in [0, 0.05) is 0 Å². The second kappa shape index (κ2) is 5.44. The molecule has 0 aliphatic heterocycles. The van der Waals surface area contributed by atoms with Crippen molar-refractivity contribution in [3.05, 3.63) is 53.2 Å². The summed E-state index contributed by atoms with van der Waals surface area (Å²) in [5.41, 5.74) is 7.16. The predicted octanol–water partition coefficient (Wildman–Crippen LogP) is 2.59. The fraction of sp³-hybridized carbons (Fsp3) is 0.143. The summed E-state index contributed by atoms with van der Waals surface area (Å²) in [5.74, 6) is 2.13. The summed E-state index contributed by atoms with van der Waals surface area (Å²) >= 11 is 1.60. The van der Waals surface area contributed by atoms with E-state index < -0.39 is 0 Å². The third-order valence-electron chi connectivity index (χ3n) is 3.01. The van der Waals surface area contributed by atoms with Crippen LogP contribution in [0.5, 0.6) is 5.75 Å². The number of thiophene rings is 1. The van der Waals surface area contributed by atoms with Gasteiger partial charge in [-0.1, -0.05) is 18.2 Å². The van der Waals surface area contributed by atoms with Crippen molar-refractivity contribution in [3.8, 4) is 16.5 Å². The number of rotatable bonds is 4. The first kappa shape index (κ1) is 12.8. The first-order valence-corrected chi connectivity index (χ1v) is 7.01. The molecule has 0 saturated heterocycles. The molecule has 0 spiro atoms. The SMILES string of the molecule is COc1ccc([C@@H](N)c2nc(-c3cccs3)n[nH]2)cc1. The Morgan fingerprint density at radius 3 is 2.70 bits per heavy atom. The molecule has 0 aliphatic carbocycles. The fourth-order valence-electron chi connectivity index (χ4n) is 1.90. The van der Waals surface area contributed by atoms with Gasteiger partial charge in [0.05, 0.1) is 18.0 Å². The minimum absolute atomic E-state index is 0.331. The summed E-state index contributed by atoms with van der Waals surface area (Å²) in [5, 5.41) is 9.11. The van der Waals surface area contributed by atoms with Crippen molar-refractivity contribution in [2.45, 2.75) is 6.04 Å². The highest BCUT2D eigenvalue weighted by atomic mass is 32.1. The van der Waals surface area contributed by atoms with Crippen LogP contribution in [0.25, 0.3) is 10.7 Å². The Hall–Kier alpha value is -2.18. The van der Waals surface area contributed by atoms with Crippen molar-refractivity contribution in [1.82, 2.24) is 15.2 Å². The van der Waals surface area contributed by atoms with E-state index in [2.05, 4.69) is 15.2 Å². The summed E-state index contributed by atoms with van der Waals surface area (Å²) in [6.07, 6.45) is 0. The normalized spacial score (nSPS) is 12.3. The van der Waals surface area contributed by atoms with E-state index in [9.17, 15) is 0 Å². The highest BCUT2D eigenvalue weighted by molar-refractivity contribution is 7.13. The quantitative estimate of drug-likeness (QED) is 0.773. The largest absolute Gasteiger partial charge is 0.497 e. The number of nitrogens with two attached hydrogens (primary N) is 1. The average molecular weight is 286 g/mol. The van der Waals surface area contributed by atoms with E-state index in [1.165, 1.54) is 0 Å². The second-order valence-corrected chi connectivity index (χ2v) is 5.22. The summed E-state index contributed by atoms with van der Waals surface area (Å²) in [7, 11) is 1.64. The first-order chi connectivity index (χ1) is 9.78. The van der Waals surface area contributed by atoms with Crippen LogP contribution in [-0.4, -0.2) is 22.3 Å². The number of hydrogen-bond acceptors (Lipinski definition) is 5. The molecule has 3 N–H and O–H groups in total. The summed E-state index contributed by atoms with van der Waals surface area (Å²) in [4.78, 5) is 5.48. The van der Waals surface area contributed by atoms with Gasteiger partial charge in [-0.2, -0.15) is 5.10 Å². The van der Waals surface area contributed by atoms with Crippen molar-refractivity contribution in [2.75, 3.05) is 7.11 Å². The zero-order valence-electron chi connectivity index (χ0n) is 10.9. The third kappa shape index (κ3) is 2.43. The van der Waals surface area contributed by atoms with E-state index >= 15 is 0 Å². The minimum Gasteiger partial charge on any atom is -0.497 e. The van der Waals surface area contributed by atoms with Gasteiger partial charge in [-0.05, 0) is 29.1 Å². The number of ether oxygens (including phenoxy) is 1. The molecule has 0 radical (unpaired) electrons. The van der Waals surface area contributed by atoms with Gasteiger partial charge < -0.3 is 10.5 Å². The molecule has 1 aromatic carbocycles. The van der Waals surface area contributed by atoms with Crippen molar-refractivity contribution < 1.29 is 4.74 Å². The molecule has 20 heavy (non-hydrogen) atoms. The van der Waals surface area contributed by atoms with Crippen LogP contribution in [0.1, 0.15) is 17.4 Å².